The maximum absolute atomic E-state index is 12.8. The van der Waals surface area contributed by atoms with Gasteiger partial charge in [0.25, 0.3) is 5.91 Å². The van der Waals surface area contributed by atoms with Crippen LogP contribution in [0.5, 0.6) is 0 Å². The number of rotatable bonds is 5. The first-order valence-corrected chi connectivity index (χ1v) is 7.73. The highest BCUT2D eigenvalue weighted by Gasteiger charge is 2.50. The number of nitrogens with one attached hydrogen (secondary N) is 1. The quantitative estimate of drug-likeness (QED) is 0.840. The van der Waals surface area contributed by atoms with Crippen LogP contribution in [0.2, 0.25) is 0 Å². The van der Waals surface area contributed by atoms with E-state index in [0.29, 0.717) is 31.6 Å². The van der Waals surface area contributed by atoms with Gasteiger partial charge in [0.1, 0.15) is 5.54 Å². The third-order valence-corrected chi connectivity index (χ3v) is 4.08. The highest BCUT2D eigenvalue weighted by molar-refractivity contribution is 5.98. The van der Waals surface area contributed by atoms with E-state index >= 15 is 0 Å². The number of nitrogens with zero attached hydrogens (tertiary/aromatic N) is 1. The van der Waals surface area contributed by atoms with Gasteiger partial charge in [0.05, 0.1) is 12.2 Å². The van der Waals surface area contributed by atoms with Gasteiger partial charge >= 0.3 is 5.97 Å². The number of hydrogen-bond acceptors (Lipinski definition) is 4. The lowest BCUT2D eigenvalue weighted by atomic mass is 9.90. The van der Waals surface area contributed by atoms with Gasteiger partial charge in [-0.3, -0.25) is 9.59 Å². The van der Waals surface area contributed by atoms with Crippen molar-refractivity contribution in [3.05, 3.63) is 34.2 Å². The maximum atomic E-state index is 12.8. The summed E-state index contributed by atoms with van der Waals surface area (Å²) >= 11 is 0. The number of H-pyrrole nitrogens is 1. The van der Waals surface area contributed by atoms with Gasteiger partial charge in [0.15, 0.2) is 0 Å². The molecule has 120 valence electrons. The van der Waals surface area contributed by atoms with E-state index in [0.717, 1.165) is 12.8 Å². The van der Waals surface area contributed by atoms with Crippen LogP contribution in [-0.4, -0.2) is 40.5 Å². The molecule has 0 saturated carbocycles. The van der Waals surface area contributed by atoms with Gasteiger partial charge < -0.3 is 14.6 Å². The molecule has 0 radical (unpaired) electrons. The van der Waals surface area contributed by atoms with Crippen LogP contribution in [0.3, 0.4) is 0 Å². The summed E-state index contributed by atoms with van der Waals surface area (Å²) < 4.78 is 5.23. The first kappa shape index (κ1) is 16.3. The Morgan fingerprint density at radius 2 is 2.14 bits per heavy atom. The average molecular weight is 306 g/mol. The summed E-state index contributed by atoms with van der Waals surface area (Å²) in [6.45, 7) is 4.57. The Balaban J connectivity index is 2.33. The topological polar surface area (TPSA) is 79.5 Å². The number of likely N-dealkylation sites (tertiary alicyclic amines) is 1. The Hall–Kier alpha value is -2.11. The molecule has 0 aromatic carbocycles. The molecular formula is C16H22N2O4. The van der Waals surface area contributed by atoms with Crippen molar-refractivity contribution in [2.24, 2.45) is 0 Å². The van der Waals surface area contributed by atoms with Gasteiger partial charge in [-0.1, -0.05) is 13.3 Å². The first-order valence-electron chi connectivity index (χ1n) is 7.73. The fraction of sp³-hybridized carbons (Fsp3) is 0.562. The van der Waals surface area contributed by atoms with Gasteiger partial charge in [-0.05, 0) is 32.3 Å². The summed E-state index contributed by atoms with van der Waals surface area (Å²) in [4.78, 5) is 40.5. The standard InChI is InChI=1S/C16H22N2O4/c1-3-8-16(15(21)22-4-2)9-5-10-18(16)14(20)12-6-7-13(19)17-11-12/h6-7,11H,3-5,8-10H2,1-2H3,(H,17,19)/t16-/m0/s1. The van der Waals surface area contributed by atoms with E-state index in [1.54, 1.807) is 11.8 Å². The summed E-state index contributed by atoms with van der Waals surface area (Å²) in [6.07, 6.45) is 4.16. The van der Waals surface area contributed by atoms with Crippen LogP contribution >= 0.6 is 0 Å². The minimum Gasteiger partial charge on any atom is -0.464 e. The molecule has 0 unspecified atom stereocenters. The molecule has 1 atom stereocenters. The minimum atomic E-state index is -0.877. The third kappa shape index (κ3) is 2.91. The largest absolute Gasteiger partial charge is 0.464 e. The molecule has 0 aliphatic carbocycles. The highest BCUT2D eigenvalue weighted by atomic mass is 16.5. The number of carbonyl (C=O) groups excluding carboxylic acids is 2. The zero-order valence-corrected chi connectivity index (χ0v) is 13.1. The van der Waals surface area contributed by atoms with Crippen molar-refractivity contribution in [2.45, 2.75) is 45.1 Å². The Bertz CT molecular complexity index is 590. The molecule has 1 N–H and O–H groups in total. The van der Waals surface area contributed by atoms with Gasteiger partial charge in [-0.15, -0.1) is 0 Å². The Morgan fingerprint density at radius 3 is 2.73 bits per heavy atom. The smallest absolute Gasteiger partial charge is 0.332 e. The Kier molecular flexibility index (Phi) is 5.00. The summed E-state index contributed by atoms with van der Waals surface area (Å²) in [5, 5.41) is 0. The number of amides is 1. The molecule has 22 heavy (non-hydrogen) atoms. The number of esters is 1. The molecule has 2 rings (SSSR count). The van der Waals surface area contributed by atoms with E-state index in [2.05, 4.69) is 4.98 Å². The second-order valence-corrected chi connectivity index (χ2v) is 5.50. The van der Waals surface area contributed by atoms with E-state index in [-0.39, 0.29) is 17.4 Å². The fourth-order valence-corrected chi connectivity index (χ4v) is 3.13. The maximum Gasteiger partial charge on any atom is 0.332 e. The van der Waals surface area contributed by atoms with Gasteiger partial charge in [-0.25, -0.2) is 4.79 Å². The molecular weight excluding hydrogens is 284 g/mol. The lowest BCUT2D eigenvalue weighted by Gasteiger charge is -2.36. The SMILES string of the molecule is CCC[C@@]1(C(=O)OCC)CCCN1C(=O)c1ccc(=O)[nH]c1. The molecule has 1 aromatic rings. The van der Waals surface area contributed by atoms with Gasteiger partial charge in [0, 0.05) is 18.8 Å². The number of ether oxygens (including phenoxy) is 1. The van der Waals surface area contributed by atoms with Crippen molar-refractivity contribution in [3.63, 3.8) is 0 Å². The van der Waals surface area contributed by atoms with E-state index in [1.807, 2.05) is 6.92 Å². The van der Waals surface area contributed by atoms with Crippen LogP contribution in [-0.2, 0) is 9.53 Å². The molecule has 1 aliphatic heterocycles. The van der Waals surface area contributed by atoms with Gasteiger partial charge in [0.2, 0.25) is 5.56 Å². The van der Waals surface area contributed by atoms with Crippen LogP contribution in [0.15, 0.2) is 23.1 Å². The Labute approximate surface area is 129 Å². The minimum absolute atomic E-state index is 0.241. The third-order valence-electron chi connectivity index (χ3n) is 4.08. The molecule has 1 aliphatic rings. The van der Waals surface area contributed by atoms with Crippen molar-refractivity contribution < 1.29 is 14.3 Å². The molecule has 6 nitrogen and oxygen atoms in total. The number of aromatic amines is 1. The predicted octanol–water partition coefficient (Wildman–Crippen LogP) is 1.71. The molecule has 1 amide bonds. The second-order valence-electron chi connectivity index (χ2n) is 5.50. The van der Waals surface area contributed by atoms with Crippen LogP contribution in [0.25, 0.3) is 0 Å². The van der Waals surface area contributed by atoms with Crippen LogP contribution < -0.4 is 5.56 Å². The van der Waals surface area contributed by atoms with Gasteiger partial charge in [-0.2, -0.15) is 0 Å². The molecule has 2 heterocycles. The van der Waals surface area contributed by atoms with Crippen molar-refractivity contribution in [1.82, 2.24) is 9.88 Å². The molecule has 1 aromatic heterocycles. The number of carbonyl (C=O) groups is 2. The number of pyridine rings is 1. The van der Waals surface area contributed by atoms with Crippen LogP contribution in [0, 0.1) is 0 Å². The van der Waals surface area contributed by atoms with Crippen molar-refractivity contribution in [1.29, 1.82) is 0 Å². The molecule has 1 saturated heterocycles. The summed E-state index contributed by atoms with van der Waals surface area (Å²) in [6, 6.07) is 2.80. The number of aromatic nitrogens is 1. The van der Waals surface area contributed by atoms with E-state index < -0.39 is 5.54 Å². The van der Waals surface area contributed by atoms with Crippen molar-refractivity contribution in [2.75, 3.05) is 13.2 Å². The van der Waals surface area contributed by atoms with E-state index in [1.165, 1.54) is 18.3 Å². The van der Waals surface area contributed by atoms with E-state index in [9.17, 15) is 14.4 Å². The van der Waals surface area contributed by atoms with Crippen molar-refractivity contribution >= 4 is 11.9 Å². The fourth-order valence-electron chi connectivity index (χ4n) is 3.13. The summed E-state index contributed by atoms with van der Waals surface area (Å²) in [5.41, 5.74) is -0.757. The normalized spacial score (nSPS) is 20.9. The zero-order valence-electron chi connectivity index (χ0n) is 13.1. The Morgan fingerprint density at radius 1 is 1.36 bits per heavy atom. The predicted molar refractivity (Wildman–Crippen MR) is 81.6 cm³/mol. The lowest BCUT2D eigenvalue weighted by Crippen LogP contribution is -2.53. The molecule has 6 heteroatoms. The summed E-state index contributed by atoms with van der Waals surface area (Å²) in [5.74, 6) is -0.567. The van der Waals surface area contributed by atoms with Crippen LogP contribution in [0.1, 0.15) is 49.9 Å². The molecule has 0 spiro atoms. The average Bonchev–Trinajstić information content (AvgIpc) is 2.93. The van der Waals surface area contributed by atoms with E-state index in [4.69, 9.17) is 4.74 Å². The molecule has 1 fully saturated rings. The monoisotopic (exact) mass is 306 g/mol. The second kappa shape index (κ2) is 6.77. The lowest BCUT2D eigenvalue weighted by molar-refractivity contribution is -0.155. The van der Waals surface area contributed by atoms with Crippen LogP contribution in [0.4, 0.5) is 0 Å². The highest BCUT2D eigenvalue weighted by Crippen LogP contribution is 2.36. The summed E-state index contributed by atoms with van der Waals surface area (Å²) in [7, 11) is 0. The zero-order chi connectivity index (χ0) is 16.2. The van der Waals surface area contributed by atoms with Crippen molar-refractivity contribution in [3.8, 4) is 0 Å². The first-order chi connectivity index (χ1) is 10.5. The molecule has 0 bridgehead atoms. The number of hydrogen-bond donors (Lipinski definition) is 1.